The van der Waals surface area contributed by atoms with Crippen molar-refractivity contribution < 1.29 is 17.9 Å². The molecule has 0 unspecified atom stereocenters. The molecule has 0 spiro atoms. The molecule has 35 heavy (non-hydrogen) atoms. The maximum absolute atomic E-state index is 13.3. The Morgan fingerprint density at radius 2 is 1.49 bits per heavy atom. The van der Waals surface area contributed by atoms with E-state index in [4.69, 9.17) is 27.9 Å². The van der Waals surface area contributed by atoms with Gasteiger partial charge in [0.2, 0.25) is 5.91 Å². The topological polar surface area (TPSA) is 75.7 Å². The molecule has 4 rings (SSSR count). The summed E-state index contributed by atoms with van der Waals surface area (Å²) in [5.41, 5.74) is 0.189. The molecule has 1 amide bonds. The lowest BCUT2D eigenvalue weighted by atomic mass is 10.1. The van der Waals surface area contributed by atoms with E-state index in [0.717, 1.165) is 15.1 Å². The van der Waals surface area contributed by atoms with Crippen molar-refractivity contribution >= 4 is 55.6 Å². The number of ether oxygens (including phenoxy) is 1. The van der Waals surface area contributed by atoms with Gasteiger partial charge < -0.3 is 10.1 Å². The Balaban J connectivity index is 1.44. The minimum Gasteiger partial charge on any atom is -0.492 e. The molecule has 6 nitrogen and oxygen atoms in total. The number of benzene rings is 4. The minimum atomic E-state index is -4.05. The van der Waals surface area contributed by atoms with E-state index in [1.54, 1.807) is 18.2 Å². The van der Waals surface area contributed by atoms with Crippen molar-refractivity contribution in [2.75, 3.05) is 24.0 Å². The van der Waals surface area contributed by atoms with Gasteiger partial charge in [0.05, 0.1) is 17.1 Å². The van der Waals surface area contributed by atoms with Gasteiger partial charge in [-0.25, -0.2) is 8.42 Å². The summed E-state index contributed by atoms with van der Waals surface area (Å²) in [6, 6.07) is 25.9. The van der Waals surface area contributed by atoms with Crippen LogP contribution in [0.1, 0.15) is 0 Å². The highest BCUT2D eigenvalue weighted by Gasteiger charge is 2.27. The predicted molar refractivity (Wildman–Crippen MR) is 140 cm³/mol. The Morgan fingerprint density at radius 3 is 2.20 bits per heavy atom. The standard InChI is InChI=1S/C26H22Cl2N2O4S/c27-21-15-22(28)17-23(16-21)30(35(32,33)25-8-2-1-3-9-25)18-26(31)29-12-13-34-24-11-10-19-6-4-5-7-20(19)14-24/h1-11,14-17H,12-13,18H2,(H,29,31). The number of nitrogens with one attached hydrogen (secondary N) is 1. The first-order valence-corrected chi connectivity index (χ1v) is 12.9. The van der Waals surface area contributed by atoms with Crippen LogP contribution in [0, 0.1) is 0 Å². The minimum absolute atomic E-state index is 0.0449. The van der Waals surface area contributed by atoms with Gasteiger partial charge in [0.15, 0.2) is 0 Å². The van der Waals surface area contributed by atoms with E-state index < -0.39 is 22.5 Å². The molecule has 0 saturated carbocycles. The Hall–Kier alpha value is -3.26. The number of anilines is 1. The highest BCUT2D eigenvalue weighted by atomic mass is 35.5. The van der Waals surface area contributed by atoms with Crippen molar-refractivity contribution in [2.45, 2.75) is 4.90 Å². The van der Waals surface area contributed by atoms with Gasteiger partial charge in [-0.3, -0.25) is 9.10 Å². The second-order valence-electron chi connectivity index (χ2n) is 7.66. The molecule has 180 valence electrons. The van der Waals surface area contributed by atoms with E-state index >= 15 is 0 Å². The smallest absolute Gasteiger partial charge is 0.264 e. The number of nitrogens with zero attached hydrogens (tertiary/aromatic N) is 1. The third-order valence-corrected chi connectivity index (χ3v) is 7.39. The fourth-order valence-electron chi connectivity index (χ4n) is 3.52. The van der Waals surface area contributed by atoms with Crippen molar-refractivity contribution in [3.63, 3.8) is 0 Å². The molecule has 0 radical (unpaired) electrons. The van der Waals surface area contributed by atoms with Crippen molar-refractivity contribution in [1.82, 2.24) is 5.32 Å². The van der Waals surface area contributed by atoms with Crippen LogP contribution < -0.4 is 14.4 Å². The summed E-state index contributed by atoms with van der Waals surface area (Å²) in [7, 11) is -4.05. The molecular weight excluding hydrogens is 507 g/mol. The van der Waals surface area contributed by atoms with Gasteiger partial charge in [0, 0.05) is 10.0 Å². The normalized spacial score (nSPS) is 11.3. The third kappa shape index (κ3) is 6.25. The van der Waals surface area contributed by atoms with Crippen LogP contribution in [0.2, 0.25) is 10.0 Å². The lowest BCUT2D eigenvalue weighted by molar-refractivity contribution is -0.119. The van der Waals surface area contributed by atoms with Crippen LogP contribution in [0.25, 0.3) is 10.8 Å². The number of rotatable bonds is 9. The summed E-state index contributed by atoms with van der Waals surface area (Å²) >= 11 is 12.2. The zero-order chi connectivity index (χ0) is 24.8. The first-order valence-electron chi connectivity index (χ1n) is 10.7. The maximum Gasteiger partial charge on any atom is 0.264 e. The lowest BCUT2D eigenvalue weighted by Crippen LogP contribution is -2.42. The summed E-state index contributed by atoms with van der Waals surface area (Å²) < 4.78 is 33.4. The Morgan fingerprint density at radius 1 is 0.829 bits per heavy atom. The van der Waals surface area contributed by atoms with Gasteiger partial charge in [-0.05, 0) is 53.2 Å². The maximum atomic E-state index is 13.3. The first kappa shape index (κ1) is 24.9. The average molecular weight is 529 g/mol. The number of halogens is 2. The average Bonchev–Trinajstić information content (AvgIpc) is 2.85. The van der Waals surface area contributed by atoms with Crippen LogP contribution in [-0.4, -0.2) is 34.0 Å². The Kier molecular flexibility index (Phi) is 7.80. The molecule has 0 aliphatic heterocycles. The van der Waals surface area contributed by atoms with Gasteiger partial charge in [-0.2, -0.15) is 0 Å². The predicted octanol–water partition coefficient (Wildman–Crippen LogP) is 5.54. The second kappa shape index (κ2) is 11.0. The van der Waals surface area contributed by atoms with Crippen molar-refractivity contribution in [2.24, 2.45) is 0 Å². The van der Waals surface area contributed by atoms with Crippen LogP contribution in [0.3, 0.4) is 0 Å². The molecule has 4 aromatic rings. The number of carbonyl (C=O) groups is 1. The van der Waals surface area contributed by atoms with Crippen LogP contribution >= 0.6 is 23.2 Å². The number of carbonyl (C=O) groups excluding carboxylic acids is 1. The molecule has 9 heteroatoms. The molecule has 0 saturated heterocycles. The molecule has 0 bridgehead atoms. The second-order valence-corrected chi connectivity index (χ2v) is 10.4. The van der Waals surface area contributed by atoms with Crippen molar-refractivity contribution in [1.29, 1.82) is 0 Å². The van der Waals surface area contributed by atoms with Gasteiger partial charge in [-0.15, -0.1) is 0 Å². The molecule has 0 aliphatic rings. The number of hydrogen-bond donors (Lipinski definition) is 1. The zero-order valence-electron chi connectivity index (χ0n) is 18.5. The van der Waals surface area contributed by atoms with E-state index in [2.05, 4.69) is 5.32 Å². The molecule has 0 aliphatic carbocycles. The zero-order valence-corrected chi connectivity index (χ0v) is 20.9. The highest BCUT2D eigenvalue weighted by molar-refractivity contribution is 7.92. The highest BCUT2D eigenvalue weighted by Crippen LogP contribution is 2.29. The number of amides is 1. The monoisotopic (exact) mass is 528 g/mol. The summed E-state index contributed by atoms with van der Waals surface area (Å²) in [4.78, 5) is 12.8. The van der Waals surface area contributed by atoms with Gasteiger partial charge in [0.1, 0.15) is 18.9 Å². The molecule has 1 N–H and O–H groups in total. The van der Waals surface area contributed by atoms with E-state index in [1.165, 1.54) is 30.3 Å². The van der Waals surface area contributed by atoms with Crippen LogP contribution in [0.15, 0.2) is 95.9 Å². The SMILES string of the molecule is O=C(CN(c1cc(Cl)cc(Cl)c1)S(=O)(=O)c1ccccc1)NCCOc1ccc2ccccc2c1. The van der Waals surface area contributed by atoms with E-state index in [0.29, 0.717) is 5.75 Å². The molecule has 4 aromatic carbocycles. The third-order valence-electron chi connectivity index (χ3n) is 5.17. The van der Waals surface area contributed by atoms with E-state index in [-0.39, 0.29) is 33.8 Å². The number of hydrogen-bond acceptors (Lipinski definition) is 4. The van der Waals surface area contributed by atoms with Crippen molar-refractivity contribution in [3.05, 3.63) is 101 Å². The van der Waals surface area contributed by atoms with Crippen LogP contribution in [0.4, 0.5) is 5.69 Å². The fraction of sp³-hybridized carbons (Fsp3) is 0.115. The molecule has 0 atom stereocenters. The van der Waals surface area contributed by atoms with E-state index in [9.17, 15) is 13.2 Å². The largest absolute Gasteiger partial charge is 0.492 e. The summed E-state index contributed by atoms with van der Waals surface area (Å²) in [5.74, 6) is 0.183. The summed E-state index contributed by atoms with van der Waals surface area (Å²) in [6.07, 6.45) is 0. The summed E-state index contributed by atoms with van der Waals surface area (Å²) in [5, 5.41) is 5.37. The Bertz CT molecular complexity index is 1430. The van der Waals surface area contributed by atoms with Crippen LogP contribution in [0.5, 0.6) is 5.75 Å². The Labute approximate surface area is 214 Å². The molecule has 0 heterocycles. The quantitative estimate of drug-likeness (QED) is 0.289. The van der Waals surface area contributed by atoms with Crippen LogP contribution in [-0.2, 0) is 14.8 Å². The number of fused-ring (bicyclic) bond motifs is 1. The van der Waals surface area contributed by atoms with Gasteiger partial charge in [0.25, 0.3) is 10.0 Å². The number of sulfonamides is 1. The molecule has 0 aromatic heterocycles. The lowest BCUT2D eigenvalue weighted by Gasteiger charge is -2.24. The van der Waals surface area contributed by atoms with Gasteiger partial charge in [-0.1, -0.05) is 71.7 Å². The van der Waals surface area contributed by atoms with E-state index in [1.807, 2.05) is 42.5 Å². The first-order chi connectivity index (χ1) is 16.8. The van der Waals surface area contributed by atoms with Crippen molar-refractivity contribution in [3.8, 4) is 5.75 Å². The molecular formula is C26H22Cl2N2O4S. The summed E-state index contributed by atoms with van der Waals surface area (Å²) in [6.45, 7) is -0.0381. The van der Waals surface area contributed by atoms with Gasteiger partial charge >= 0.3 is 0 Å². The molecule has 0 fully saturated rings. The fourth-order valence-corrected chi connectivity index (χ4v) is 5.46.